The largest absolute Gasteiger partial charge is 0.497 e. The standard InChI is InChI=1S/C16H27N3O4S/c1-4-19(5-2)12-10-18-24(21,22)13-11-17-16(20)14-6-8-15(23-3)9-7-14/h6-9,18H,4-5,10-13H2,1-3H3,(H,17,20). The van der Waals surface area contributed by atoms with Crippen LogP contribution in [0.15, 0.2) is 24.3 Å². The van der Waals surface area contributed by atoms with E-state index in [-0.39, 0.29) is 18.2 Å². The van der Waals surface area contributed by atoms with E-state index in [1.165, 1.54) is 0 Å². The molecule has 1 aromatic carbocycles. The highest BCUT2D eigenvalue weighted by Gasteiger charge is 2.12. The number of amides is 1. The van der Waals surface area contributed by atoms with E-state index >= 15 is 0 Å². The molecule has 0 spiro atoms. The first-order valence-corrected chi connectivity index (χ1v) is 9.69. The summed E-state index contributed by atoms with van der Waals surface area (Å²) in [6.07, 6.45) is 0. The number of rotatable bonds is 11. The van der Waals surface area contributed by atoms with Crippen LogP contribution in [0.25, 0.3) is 0 Å². The highest BCUT2D eigenvalue weighted by atomic mass is 32.2. The van der Waals surface area contributed by atoms with Gasteiger partial charge in [-0.3, -0.25) is 4.79 Å². The zero-order chi connectivity index (χ0) is 18.0. The lowest BCUT2D eigenvalue weighted by atomic mass is 10.2. The van der Waals surface area contributed by atoms with Gasteiger partial charge in [0.15, 0.2) is 0 Å². The fraction of sp³-hybridized carbons (Fsp3) is 0.562. The first-order valence-electron chi connectivity index (χ1n) is 8.03. The lowest BCUT2D eigenvalue weighted by molar-refractivity contribution is 0.0956. The van der Waals surface area contributed by atoms with Gasteiger partial charge in [-0.25, -0.2) is 13.1 Å². The van der Waals surface area contributed by atoms with Gasteiger partial charge in [-0.15, -0.1) is 0 Å². The van der Waals surface area contributed by atoms with Gasteiger partial charge in [-0.05, 0) is 37.4 Å². The summed E-state index contributed by atoms with van der Waals surface area (Å²) in [5, 5.41) is 2.60. The average Bonchev–Trinajstić information content (AvgIpc) is 2.58. The number of nitrogens with zero attached hydrogens (tertiary/aromatic N) is 1. The number of hydrogen-bond acceptors (Lipinski definition) is 5. The molecule has 0 unspecified atom stereocenters. The lowest BCUT2D eigenvalue weighted by Crippen LogP contribution is -2.38. The van der Waals surface area contributed by atoms with Crippen molar-refractivity contribution in [3.8, 4) is 5.75 Å². The van der Waals surface area contributed by atoms with Gasteiger partial charge in [-0.1, -0.05) is 13.8 Å². The third kappa shape index (κ3) is 7.29. The van der Waals surface area contributed by atoms with Crippen LogP contribution in [0.4, 0.5) is 0 Å². The summed E-state index contributed by atoms with van der Waals surface area (Å²) in [7, 11) is -1.84. The smallest absolute Gasteiger partial charge is 0.251 e. The summed E-state index contributed by atoms with van der Waals surface area (Å²) >= 11 is 0. The zero-order valence-corrected chi connectivity index (χ0v) is 15.4. The quantitative estimate of drug-likeness (QED) is 0.608. The van der Waals surface area contributed by atoms with Gasteiger partial charge in [0.1, 0.15) is 5.75 Å². The van der Waals surface area contributed by atoms with Crippen molar-refractivity contribution >= 4 is 15.9 Å². The number of ether oxygens (including phenoxy) is 1. The van der Waals surface area contributed by atoms with E-state index in [1.807, 2.05) is 13.8 Å². The summed E-state index contributed by atoms with van der Waals surface area (Å²) in [4.78, 5) is 14.1. The minimum absolute atomic E-state index is 0.0610. The maximum absolute atomic E-state index is 11.9. The molecule has 0 radical (unpaired) electrons. The van der Waals surface area contributed by atoms with Crippen LogP contribution in [0.1, 0.15) is 24.2 Å². The van der Waals surface area contributed by atoms with Crippen molar-refractivity contribution in [1.29, 1.82) is 0 Å². The van der Waals surface area contributed by atoms with Crippen LogP contribution < -0.4 is 14.8 Å². The van der Waals surface area contributed by atoms with Crippen molar-refractivity contribution < 1.29 is 17.9 Å². The van der Waals surface area contributed by atoms with Crippen LogP contribution >= 0.6 is 0 Å². The van der Waals surface area contributed by atoms with E-state index in [9.17, 15) is 13.2 Å². The molecule has 1 amide bonds. The van der Waals surface area contributed by atoms with Crippen molar-refractivity contribution in [1.82, 2.24) is 14.9 Å². The molecule has 7 nitrogen and oxygen atoms in total. The fourth-order valence-corrected chi connectivity index (χ4v) is 3.03. The molecule has 0 bridgehead atoms. The molecule has 0 saturated carbocycles. The topological polar surface area (TPSA) is 87.7 Å². The van der Waals surface area contributed by atoms with Crippen LogP contribution in [-0.2, 0) is 10.0 Å². The fourth-order valence-electron chi connectivity index (χ4n) is 2.11. The van der Waals surface area contributed by atoms with Crippen LogP contribution in [0.2, 0.25) is 0 Å². The van der Waals surface area contributed by atoms with E-state index in [0.717, 1.165) is 13.1 Å². The van der Waals surface area contributed by atoms with Crippen LogP contribution in [0, 0.1) is 0 Å². The Labute approximate surface area is 144 Å². The van der Waals surface area contributed by atoms with Crippen LogP contribution in [0.3, 0.4) is 0 Å². The van der Waals surface area contributed by atoms with Crippen LogP contribution in [0.5, 0.6) is 5.75 Å². The normalized spacial score (nSPS) is 11.5. The number of hydrogen-bond donors (Lipinski definition) is 2. The minimum Gasteiger partial charge on any atom is -0.497 e. The Bertz CT molecular complexity index is 598. The molecule has 2 N–H and O–H groups in total. The molecule has 0 fully saturated rings. The molecular formula is C16H27N3O4S. The Balaban J connectivity index is 2.35. The van der Waals surface area contributed by atoms with Crippen molar-refractivity contribution in [2.45, 2.75) is 13.8 Å². The van der Waals surface area contributed by atoms with Gasteiger partial charge in [0, 0.05) is 25.2 Å². The van der Waals surface area contributed by atoms with Gasteiger partial charge >= 0.3 is 0 Å². The lowest BCUT2D eigenvalue weighted by Gasteiger charge is -2.18. The number of methoxy groups -OCH3 is 1. The number of carbonyl (C=O) groups is 1. The first-order chi connectivity index (χ1) is 11.4. The number of sulfonamides is 1. The summed E-state index contributed by atoms with van der Waals surface area (Å²) in [6, 6.07) is 6.62. The summed E-state index contributed by atoms with van der Waals surface area (Å²) in [6.45, 7) is 6.94. The van der Waals surface area contributed by atoms with Gasteiger partial charge < -0.3 is 15.0 Å². The molecular weight excluding hydrogens is 330 g/mol. The molecule has 0 aromatic heterocycles. The van der Waals surface area contributed by atoms with Crippen molar-refractivity contribution in [2.75, 3.05) is 45.6 Å². The van der Waals surface area contributed by atoms with Gasteiger partial charge in [-0.2, -0.15) is 0 Å². The molecule has 136 valence electrons. The van der Waals surface area contributed by atoms with Crippen molar-refractivity contribution in [3.63, 3.8) is 0 Å². The second kappa shape index (κ2) is 10.3. The summed E-state index contributed by atoms with van der Waals surface area (Å²) < 4.78 is 31.4. The Hall–Kier alpha value is -1.64. The van der Waals surface area contributed by atoms with E-state index in [0.29, 0.717) is 24.4 Å². The number of likely N-dealkylation sites (N-methyl/N-ethyl adjacent to an activating group) is 1. The van der Waals surface area contributed by atoms with E-state index in [2.05, 4.69) is 14.9 Å². The van der Waals surface area contributed by atoms with E-state index in [1.54, 1.807) is 31.4 Å². The maximum atomic E-state index is 11.9. The van der Waals surface area contributed by atoms with Gasteiger partial charge in [0.05, 0.1) is 12.9 Å². The van der Waals surface area contributed by atoms with Gasteiger partial charge in [0.2, 0.25) is 10.0 Å². The Morgan fingerprint density at radius 1 is 1.12 bits per heavy atom. The second-order valence-corrected chi connectivity index (χ2v) is 7.15. The summed E-state index contributed by atoms with van der Waals surface area (Å²) in [5.74, 6) is 0.204. The second-order valence-electron chi connectivity index (χ2n) is 5.22. The van der Waals surface area contributed by atoms with E-state index in [4.69, 9.17) is 4.74 Å². The molecule has 0 saturated heterocycles. The van der Waals surface area contributed by atoms with E-state index < -0.39 is 10.0 Å². The maximum Gasteiger partial charge on any atom is 0.251 e. The molecule has 0 aliphatic carbocycles. The molecule has 0 atom stereocenters. The van der Waals surface area contributed by atoms with Crippen molar-refractivity contribution in [3.05, 3.63) is 29.8 Å². The third-order valence-electron chi connectivity index (χ3n) is 3.65. The van der Waals surface area contributed by atoms with Crippen molar-refractivity contribution in [2.24, 2.45) is 0 Å². The number of carbonyl (C=O) groups excluding carboxylic acids is 1. The predicted octanol–water partition coefficient (Wildman–Crippen LogP) is 0.686. The number of benzene rings is 1. The van der Waals surface area contributed by atoms with Crippen LogP contribution in [-0.4, -0.2) is 64.8 Å². The third-order valence-corrected chi connectivity index (χ3v) is 5.04. The Morgan fingerprint density at radius 2 is 1.75 bits per heavy atom. The SMILES string of the molecule is CCN(CC)CCNS(=O)(=O)CCNC(=O)c1ccc(OC)cc1. The first kappa shape index (κ1) is 20.4. The molecule has 24 heavy (non-hydrogen) atoms. The molecule has 0 heterocycles. The average molecular weight is 357 g/mol. The van der Waals surface area contributed by atoms with Gasteiger partial charge in [0.25, 0.3) is 5.91 Å². The number of nitrogens with one attached hydrogen (secondary N) is 2. The zero-order valence-electron chi connectivity index (χ0n) is 14.5. The summed E-state index contributed by atoms with van der Waals surface area (Å²) in [5.41, 5.74) is 0.461. The minimum atomic E-state index is -3.39. The predicted molar refractivity (Wildman–Crippen MR) is 94.9 cm³/mol. The molecule has 0 aliphatic heterocycles. The Kier molecular flexibility index (Phi) is 8.73. The highest BCUT2D eigenvalue weighted by Crippen LogP contribution is 2.10. The highest BCUT2D eigenvalue weighted by molar-refractivity contribution is 7.89. The molecule has 8 heteroatoms. The molecule has 1 rings (SSSR count). The molecule has 0 aliphatic rings. The molecule has 1 aromatic rings. The Morgan fingerprint density at radius 3 is 2.29 bits per heavy atom. The monoisotopic (exact) mass is 357 g/mol.